The van der Waals surface area contributed by atoms with Crippen LogP contribution >= 0.6 is 0 Å². The molecular formula is C13H21FN2O2S. The van der Waals surface area contributed by atoms with Crippen molar-refractivity contribution in [2.24, 2.45) is 5.92 Å². The highest BCUT2D eigenvalue weighted by molar-refractivity contribution is 7.89. The predicted octanol–water partition coefficient (Wildman–Crippen LogP) is 2.38. The lowest BCUT2D eigenvalue weighted by Gasteiger charge is -2.22. The van der Waals surface area contributed by atoms with Crippen LogP contribution in [-0.4, -0.2) is 25.8 Å². The SMILES string of the molecule is CCN(CC(C)C)S(=O)(=O)c1cc(C)c(F)c(N)c1. The molecule has 0 aromatic heterocycles. The van der Waals surface area contributed by atoms with Crippen molar-refractivity contribution in [2.45, 2.75) is 32.6 Å². The first-order valence-corrected chi connectivity index (χ1v) is 7.69. The second-order valence-electron chi connectivity index (χ2n) is 4.99. The van der Waals surface area contributed by atoms with Crippen LogP contribution in [0.25, 0.3) is 0 Å². The highest BCUT2D eigenvalue weighted by atomic mass is 32.2. The van der Waals surface area contributed by atoms with E-state index in [4.69, 9.17) is 5.73 Å². The minimum atomic E-state index is -3.62. The molecule has 0 spiro atoms. The van der Waals surface area contributed by atoms with Gasteiger partial charge in [-0.25, -0.2) is 12.8 Å². The maximum atomic E-state index is 13.5. The molecule has 0 atom stereocenters. The van der Waals surface area contributed by atoms with E-state index < -0.39 is 15.8 Å². The fourth-order valence-electron chi connectivity index (χ4n) is 1.87. The summed E-state index contributed by atoms with van der Waals surface area (Å²) < 4.78 is 39.8. The first kappa shape index (κ1) is 15.9. The number of anilines is 1. The van der Waals surface area contributed by atoms with Crippen molar-refractivity contribution in [2.75, 3.05) is 18.8 Å². The van der Waals surface area contributed by atoms with Gasteiger partial charge in [0.25, 0.3) is 0 Å². The van der Waals surface area contributed by atoms with Gasteiger partial charge in [0.2, 0.25) is 10.0 Å². The topological polar surface area (TPSA) is 63.4 Å². The van der Waals surface area contributed by atoms with Crippen molar-refractivity contribution in [1.82, 2.24) is 4.31 Å². The maximum absolute atomic E-state index is 13.5. The summed E-state index contributed by atoms with van der Waals surface area (Å²) in [6, 6.07) is 2.50. The van der Waals surface area contributed by atoms with E-state index in [0.29, 0.717) is 13.1 Å². The van der Waals surface area contributed by atoms with Crippen molar-refractivity contribution in [1.29, 1.82) is 0 Å². The van der Waals surface area contributed by atoms with E-state index in [1.165, 1.54) is 23.4 Å². The number of nitrogen functional groups attached to an aromatic ring is 1. The smallest absolute Gasteiger partial charge is 0.243 e. The molecule has 0 saturated carbocycles. The molecule has 1 aromatic carbocycles. The standard InChI is InChI=1S/C13H21FN2O2S/c1-5-16(8-9(2)3)19(17,18)11-6-10(4)13(14)12(15)7-11/h6-7,9H,5,8,15H2,1-4H3. The van der Waals surface area contributed by atoms with Gasteiger partial charge in [-0.2, -0.15) is 4.31 Å². The first-order chi connectivity index (χ1) is 8.70. The van der Waals surface area contributed by atoms with Crippen LogP contribution in [-0.2, 0) is 10.0 Å². The Morgan fingerprint density at radius 1 is 1.37 bits per heavy atom. The van der Waals surface area contributed by atoms with E-state index in [0.717, 1.165) is 0 Å². The van der Waals surface area contributed by atoms with Crippen LogP contribution in [0.1, 0.15) is 26.3 Å². The molecule has 0 amide bonds. The number of hydrogen-bond acceptors (Lipinski definition) is 3. The largest absolute Gasteiger partial charge is 0.396 e. The highest BCUT2D eigenvalue weighted by Crippen LogP contribution is 2.24. The van der Waals surface area contributed by atoms with Gasteiger partial charge in [-0.15, -0.1) is 0 Å². The molecule has 0 aliphatic carbocycles. The minimum Gasteiger partial charge on any atom is -0.396 e. The van der Waals surface area contributed by atoms with Gasteiger partial charge in [-0.1, -0.05) is 20.8 Å². The second-order valence-corrected chi connectivity index (χ2v) is 6.93. The molecule has 19 heavy (non-hydrogen) atoms. The Morgan fingerprint density at radius 2 is 1.95 bits per heavy atom. The Bertz CT molecular complexity index is 533. The van der Waals surface area contributed by atoms with Crippen molar-refractivity contribution < 1.29 is 12.8 Å². The Balaban J connectivity index is 3.26. The average molecular weight is 288 g/mol. The van der Waals surface area contributed by atoms with Crippen LogP contribution in [0.4, 0.5) is 10.1 Å². The van der Waals surface area contributed by atoms with E-state index >= 15 is 0 Å². The molecule has 0 aliphatic heterocycles. The number of nitrogens with two attached hydrogens (primary N) is 1. The van der Waals surface area contributed by atoms with Crippen molar-refractivity contribution in [3.8, 4) is 0 Å². The predicted molar refractivity (Wildman–Crippen MR) is 74.8 cm³/mol. The fraction of sp³-hybridized carbons (Fsp3) is 0.538. The summed E-state index contributed by atoms with van der Waals surface area (Å²) in [7, 11) is -3.62. The zero-order valence-electron chi connectivity index (χ0n) is 11.8. The van der Waals surface area contributed by atoms with Crippen molar-refractivity contribution in [3.63, 3.8) is 0 Å². The number of rotatable bonds is 5. The van der Waals surface area contributed by atoms with Gasteiger partial charge in [-0.3, -0.25) is 0 Å². The molecule has 0 saturated heterocycles. The Hall–Kier alpha value is -1.14. The lowest BCUT2D eigenvalue weighted by Crippen LogP contribution is -2.34. The lowest BCUT2D eigenvalue weighted by molar-refractivity contribution is 0.381. The molecule has 0 heterocycles. The van der Waals surface area contributed by atoms with Crippen LogP contribution < -0.4 is 5.73 Å². The number of nitrogens with zero attached hydrogens (tertiary/aromatic N) is 1. The third-order valence-corrected chi connectivity index (χ3v) is 4.73. The summed E-state index contributed by atoms with van der Waals surface area (Å²) in [6.45, 7) is 7.97. The minimum absolute atomic E-state index is 0.0476. The molecular weight excluding hydrogens is 267 g/mol. The molecule has 108 valence electrons. The zero-order chi connectivity index (χ0) is 14.8. The van der Waals surface area contributed by atoms with Gasteiger partial charge >= 0.3 is 0 Å². The van der Waals surface area contributed by atoms with Gasteiger partial charge in [0.15, 0.2) is 0 Å². The zero-order valence-corrected chi connectivity index (χ0v) is 12.6. The quantitative estimate of drug-likeness (QED) is 0.846. The van der Waals surface area contributed by atoms with E-state index in [1.54, 1.807) is 6.92 Å². The fourth-order valence-corrected chi connectivity index (χ4v) is 3.60. The van der Waals surface area contributed by atoms with Crippen LogP contribution in [0.15, 0.2) is 17.0 Å². The van der Waals surface area contributed by atoms with Crippen LogP contribution in [0.5, 0.6) is 0 Å². The molecule has 0 unspecified atom stereocenters. The molecule has 0 bridgehead atoms. The molecule has 0 fully saturated rings. The van der Waals surface area contributed by atoms with Gasteiger partial charge < -0.3 is 5.73 Å². The monoisotopic (exact) mass is 288 g/mol. The number of benzene rings is 1. The molecule has 1 rings (SSSR count). The van der Waals surface area contributed by atoms with E-state index in [2.05, 4.69) is 0 Å². The number of hydrogen-bond donors (Lipinski definition) is 1. The summed E-state index contributed by atoms with van der Waals surface area (Å²) in [6.07, 6.45) is 0. The third-order valence-electron chi connectivity index (χ3n) is 2.82. The maximum Gasteiger partial charge on any atom is 0.243 e. The number of sulfonamides is 1. The van der Waals surface area contributed by atoms with Gasteiger partial charge in [0.1, 0.15) is 5.82 Å². The molecule has 0 aliphatic rings. The van der Waals surface area contributed by atoms with Crippen LogP contribution in [0.3, 0.4) is 0 Å². The van der Waals surface area contributed by atoms with Crippen molar-refractivity contribution >= 4 is 15.7 Å². The summed E-state index contributed by atoms with van der Waals surface area (Å²) >= 11 is 0. The third kappa shape index (κ3) is 3.45. The molecule has 4 nitrogen and oxygen atoms in total. The average Bonchev–Trinajstić information content (AvgIpc) is 2.31. The van der Waals surface area contributed by atoms with E-state index in [1.807, 2.05) is 13.8 Å². The number of halogens is 1. The first-order valence-electron chi connectivity index (χ1n) is 6.25. The number of aryl methyl sites for hydroxylation is 1. The summed E-state index contributed by atoms with van der Waals surface area (Å²) in [5.41, 5.74) is 5.60. The van der Waals surface area contributed by atoms with Crippen LogP contribution in [0, 0.1) is 18.7 Å². The normalized spacial score (nSPS) is 12.4. The summed E-state index contributed by atoms with van der Waals surface area (Å²) in [5.74, 6) is -0.348. The van der Waals surface area contributed by atoms with Gasteiger partial charge in [-0.05, 0) is 30.5 Å². The molecule has 2 N–H and O–H groups in total. The summed E-state index contributed by atoms with van der Waals surface area (Å²) in [5, 5.41) is 0. The van der Waals surface area contributed by atoms with Crippen LogP contribution in [0.2, 0.25) is 0 Å². The highest BCUT2D eigenvalue weighted by Gasteiger charge is 2.25. The molecule has 0 radical (unpaired) electrons. The van der Waals surface area contributed by atoms with Gasteiger partial charge in [0, 0.05) is 13.1 Å². The van der Waals surface area contributed by atoms with Gasteiger partial charge in [0.05, 0.1) is 10.6 Å². The Labute approximate surface area is 114 Å². The van der Waals surface area contributed by atoms with Crippen molar-refractivity contribution in [3.05, 3.63) is 23.5 Å². The molecule has 1 aromatic rings. The Morgan fingerprint density at radius 3 is 2.37 bits per heavy atom. The molecule has 6 heteroatoms. The lowest BCUT2D eigenvalue weighted by atomic mass is 10.2. The summed E-state index contributed by atoms with van der Waals surface area (Å²) in [4.78, 5) is 0.0476. The van der Waals surface area contributed by atoms with E-state index in [-0.39, 0.29) is 22.1 Å². The second kappa shape index (κ2) is 5.88. The van der Waals surface area contributed by atoms with E-state index in [9.17, 15) is 12.8 Å². The Kier molecular flexibility index (Phi) is 4.92.